The number of ether oxygens (including phenoxy) is 1. The molecule has 0 spiro atoms. The van der Waals surface area contributed by atoms with Crippen molar-refractivity contribution in [1.82, 2.24) is 0 Å². The predicted octanol–water partition coefficient (Wildman–Crippen LogP) is 6.54. The fraction of sp³-hybridized carbons (Fsp3) is 0.0556. The van der Waals surface area contributed by atoms with E-state index >= 15 is 0 Å². The summed E-state index contributed by atoms with van der Waals surface area (Å²) in [5.74, 6) is 0.352. The third-order valence-electron chi connectivity index (χ3n) is 3.31. The van der Waals surface area contributed by atoms with Crippen LogP contribution in [0.5, 0.6) is 5.75 Å². The lowest BCUT2D eigenvalue weighted by Gasteiger charge is -2.07. The molecule has 0 aliphatic carbocycles. The van der Waals surface area contributed by atoms with E-state index < -0.39 is 0 Å². The minimum absolute atomic E-state index is 0.252. The van der Waals surface area contributed by atoms with E-state index in [0.717, 1.165) is 5.56 Å². The Bertz CT molecular complexity index is 911. The number of rotatable bonds is 5. The van der Waals surface area contributed by atoms with Gasteiger partial charge in [0, 0.05) is 5.56 Å². The van der Waals surface area contributed by atoms with Gasteiger partial charge in [0.05, 0.1) is 25.6 Å². The molecule has 0 atom stereocenters. The normalized spacial score (nSPS) is 10.5. The molecule has 1 heterocycles. The standard InChI is InChI=1S/C18H12Cl3NO2S/c19-12-4-1-2-7-15(12)24-9-11-8-16(25-10-11)18(23)22-14-6-3-5-13(20)17(14)21/h1-8,10H,9H2,(H,22,23). The van der Waals surface area contributed by atoms with E-state index in [4.69, 9.17) is 39.5 Å². The van der Waals surface area contributed by atoms with Gasteiger partial charge in [-0.2, -0.15) is 0 Å². The Morgan fingerprint density at radius 1 is 1.04 bits per heavy atom. The van der Waals surface area contributed by atoms with E-state index in [-0.39, 0.29) is 5.91 Å². The van der Waals surface area contributed by atoms with E-state index in [2.05, 4.69) is 5.32 Å². The molecule has 0 fully saturated rings. The van der Waals surface area contributed by atoms with Crippen molar-refractivity contribution in [1.29, 1.82) is 0 Å². The molecule has 0 unspecified atom stereocenters. The van der Waals surface area contributed by atoms with Gasteiger partial charge >= 0.3 is 0 Å². The van der Waals surface area contributed by atoms with Crippen molar-refractivity contribution < 1.29 is 9.53 Å². The molecule has 1 aromatic heterocycles. The largest absolute Gasteiger partial charge is 0.487 e. The van der Waals surface area contributed by atoms with Gasteiger partial charge < -0.3 is 10.1 Å². The van der Waals surface area contributed by atoms with Crippen molar-refractivity contribution >= 4 is 57.7 Å². The highest BCUT2D eigenvalue weighted by Crippen LogP contribution is 2.30. The Morgan fingerprint density at radius 3 is 2.60 bits per heavy atom. The summed E-state index contributed by atoms with van der Waals surface area (Å²) in [6.07, 6.45) is 0. The van der Waals surface area contributed by atoms with Crippen molar-refractivity contribution in [2.75, 3.05) is 5.32 Å². The number of carbonyl (C=O) groups excluding carboxylic acids is 1. The molecule has 0 radical (unpaired) electrons. The summed E-state index contributed by atoms with van der Waals surface area (Å²) in [5.41, 5.74) is 1.36. The Kier molecular flexibility index (Phi) is 5.86. The zero-order valence-corrected chi connectivity index (χ0v) is 15.8. The lowest BCUT2D eigenvalue weighted by molar-refractivity contribution is 0.103. The Balaban J connectivity index is 1.65. The lowest BCUT2D eigenvalue weighted by atomic mass is 10.3. The van der Waals surface area contributed by atoms with Crippen molar-refractivity contribution in [2.45, 2.75) is 6.61 Å². The van der Waals surface area contributed by atoms with E-state index in [0.29, 0.717) is 38.0 Å². The average Bonchev–Trinajstić information content (AvgIpc) is 3.07. The van der Waals surface area contributed by atoms with Crippen LogP contribution in [0, 0.1) is 0 Å². The summed E-state index contributed by atoms with van der Waals surface area (Å²) in [4.78, 5) is 12.9. The summed E-state index contributed by atoms with van der Waals surface area (Å²) < 4.78 is 5.67. The van der Waals surface area contributed by atoms with Crippen LogP contribution in [0.4, 0.5) is 5.69 Å². The van der Waals surface area contributed by atoms with Crippen LogP contribution in [0.3, 0.4) is 0 Å². The second kappa shape index (κ2) is 8.11. The van der Waals surface area contributed by atoms with Gasteiger partial charge in [0.2, 0.25) is 0 Å². The molecule has 128 valence electrons. The maximum absolute atomic E-state index is 12.4. The van der Waals surface area contributed by atoms with Crippen molar-refractivity contribution in [2.24, 2.45) is 0 Å². The van der Waals surface area contributed by atoms with Gasteiger partial charge in [0.15, 0.2) is 0 Å². The van der Waals surface area contributed by atoms with Gasteiger partial charge in [-0.1, -0.05) is 53.0 Å². The van der Waals surface area contributed by atoms with Gasteiger partial charge in [-0.25, -0.2) is 0 Å². The summed E-state index contributed by atoms with van der Waals surface area (Å²) >= 11 is 19.4. The number of hydrogen-bond donors (Lipinski definition) is 1. The highest BCUT2D eigenvalue weighted by atomic mass is 35.5. The molecule has 7 heteroatoms. The van der Waals surface area contributed by atoms with E-state index in [1.807, 2.05) is 17.5 Å². The molecule has 0 saturated carbocycles. The zero-order valence-electron chi connectivity index (χ0n) is 12.8. The van der Waals surface area contributed by atoms with Crippen LogP contribution in [-0.4, -0.2) is 5.91 Å². The van der Waals surface area contributed by atoms with E-state index in [9.17, 15) is 4.79 Å². The molecule has 2 aromatic carbocycles. The summed E-state index contributed by atoms with van der Waals surface area (Å²) in [6.45, 7) is 0.325. The lowest BCUT2D eigenvalue weighted by Crippen LogP contribution is -2.10. The van der Waals surface area contributed by atoms with Gasteiger partial charge in [0.1, 0.15) is 12.4 Å². The summed E-state index contributed by atoms with van der Waals surface area (Å²) in [5, 5.41) is 5.88. The molecule has 1 amide bonds. The Morgan fingerprint density at radius 2 is 1.80 bits per heavy atom. The number of thiophene rings is 1. The third kappa shape index (κ3) is 4.47. The van der Waals surface area contributed by atoms with Crippen molar-refractivity contribution in [3.8, 4) is 5.75 Å². The highest BCUT2D eigenvalue weighted by molar-refractivity contribution is 7.12. The fourth-order valence-electron chi connectivity index (χ4n) is 2.08. The molecule has 0 aliphatic rings. The van der Waals surface area contributed by atoms with Crippen molar-refractivity contribution in [3.63, 3.8) is 0 Å². The fourth-order valence-corrected chi connectivity index (χ4v) is 3.41. The molecule has 3 aromatic rings. The van der Waals surface area contributed by atoms with Crippen LogP contribution in [0.25, 0.3) is 0 Å². The molecule has 1 N–H and O–H groups in total. The zero-order chi connectivity index (χ0) is 17.8. The average molecular weight is 413 g/mol. The Hall–Kier alpha value is -1.72. The summed E-state index contributed by atoms with van der Waals surface area (Å²) in [6, 6.07) is 14.1. The number of para-hydroxylation sites is 1. The van der Waals surface area contributed by atoms with Crippen LogP contribution in [0.2, 0.25) is 15.1 Å². The molecule has 0 bridgehead atoms. The molecule has 0 saturated heterocycles. The SMILES string of the molecule is O=C(Nc1cccc(Cl)c1Cl)c1cc(COc2ccccc2Cl)cs1. The van der Waals surface area contributed by atoms with E-state index in [1.54, 1.807) is 36.4 Å². The number of amides is 1. The molecular weight excluding hydrogens is 401 g/mol. The molecule has 25 heavy (non-hydrogen) atoms. The van der Waals surface area contributed by atoms with Crippen LogP contribution < -0.4 is 10.1 Å². The molecule has 0 aliphatic heterocycles. The minimum Gasteiger partial charge on any atom is -0.487 e. The number of benzene rings is 2. The maximum Gasteiger partial charge on any atom is 0.265 e. The van der Waals surface area contributed by atoms with Gasteiger partial charge in [-0.05, 0) is 35.7 Å². The van der Waals surface area contributed by atoms with Crippen LogP contribution in [-0.2, 0) is 6.61 Å². The second-order valence-corrected chi connectivity index (χ2v) is 7.20. The highest BCUT2D eigenvalue weighted by Gasteiger charge is 2.13. The van der Waals surface area contributed by atoms with Gasteiger partial charge in [-0.15, -0.1) is 11.3 Å². The van der Waals surface area contributed by atoms with Gasteiger partial charge in [0.25, 0.3) is 5.91 Å². The topological polar surface area (TPSA) is 38.3 Å². The van der Waals surface area contributed by atoms with Gasteiger partial charge in [-0.3, -0.25) is 4.79 Å². The quantitative estimate of drug-likeness (QED) is 0.516. The van der Waals surface area contributed by atoms with Crippen molar-refractivity contribution in [3.05, 3.63) is 79.4 Å². The number of carbonyl (C=O) groups is 1. The van der Waals surface area contributed by atoms with E-state index in [1.165, 1.54) is 11.3 Å². The first-order valence-electron chi connectivity index (χ1n) is 7.24. The third-order valence-corrected chi connectivity index (χ3v) is 5.42. The first kappa shape index (κ1) is 18.1. The number of halogens is 3. The summed E-state index contributed by atoms with van der Waals surface area (Å²) in [7, 11) is 0. The van der Waals surface area contributed by atoms with Crippen LogP contribution >= 0.6 is 46.1 Å². The molecular formula is C18H12Cl3NO2S. The van der Waals surface area contributed by atoms with Crippen LogP contribution in [0.1, 0.15) is 15.2 Å². The minimum atomic E-state index is -0.252. The first-order valence-corrected chi connectivity index (χ1v) is 9.26. The first-order chi connectivity index (χ1) is 12.0. The number of hydrogen-bond acceptors (Lipinski definition) is 3. The Labute approximate surface area is 164 Å². The smallest absolute Gasteiger partial charge is 0.265 e. The molecule has 3 nitrogen and oxygen atoms in total. The second-order valence-electron chi connectivity index (χ2n) is 5.09. The maximum atomic E-state index is 12.4. The van der Waals surface area contributed by atoms with Crippen LogP contribution in [0.15, 0.2) is 53.9 Å². The number of nitrogens with one attached hydrogen (secondary N) is 1. The number of anilines is 1. The molecule has 3 rings (SSSR count). The predicted molar refractivity (Wildman–Crippen MR) is 105 cm³/mol. The monoisotopic (exact) mass is 411 g/mol.